The molecule has 0 aliphatic carbocycles. The number of aromatic nitrogens is 4. The highest BCUT2D eigenvalue weighted by Crippen LogP contribution is 2.43. The molecule has 5 heterocycles. The Morgan fingerprint density at radius 3 is 2.07 bits per heavy atom. The van der Waals surface area contributed by atoms with Crippen LogP contribution in [0.4, 0.5) is 0 Å². The van der Waals surface area contributed by atoms with Crippen molar-refractivity contribution in [3.05, 3.63) is 200 Å². The maximum absolute atomic E-state index is 9.35. The van der Waals surface area contributed by atoms with Gasteiger partial charge < -0.3 is 9.15 Å². The zero-order valence-corrected chi connectivity index (χ0v) is 31.5. The first kappa shape index (κ1) is 25.9. The van der Waals surface area contributed by atoms with Crippen LogP contribution in [0, 0.1) is 6.33 Å². The van der Waals surface area contributed by atoms with Crippen LogP contribution in [0.3, 0.4) is 0 Å². The second-order valence-electron chi connectivity index (χ2n) is 14.7. The van der Waals surface area contributed by atoms with Crippen LogP contribution in [-0.4, -0.2) is 14.1 Å². The summed E-state index contributed by atoms with van der Waals surface area (Å²) < 4.78 is 90.7. The number of furan rings is 1. The van der Waals surface area contributed by atoms with Gasteiger partial charge in [0.05, 0.1) is 50.6 Å². The molecule has 0 saturated carbocycles. The zero-order chi connectivity index (χ0) is 46.3. The molecular formula is C54H32N4O2. The van der Waals surface area contributed by atoms with Crippen molar-refractivity contribution in [2.45, 2.75) is 0 Å². The van der Waals surface area contributed by atoms with Gasteiger partial charge in [-0.3, -0.25) is 13.7 Å². The van der Waals surface area contributed by atoms with Crippen LogP contribution >= 0.6 is 0 Å². The fraction of sp³-hybridized carbons (Fsp3) is 0. The van der Waals surface area contributed by atoms with Crippen LogP contribution in [0.25, 0.3) is 105 Å². The van der Waals surface area contributed by atoms with Crippen molar-refractivity contribution >= 4 is 54.8 Å². The Balaban J connectivity index is 0.988. The second-order valence-corrected chi connectivity index (χ2v) is 14.7. The molecular weight excluding hydrogens is 737 g/mol. The average molecular weight is 777 g/mol. The van der Waals surface area contributed by atoms with Crippen molar-refractivity contribution in [3.63, 3.8) is 0 Å². The molecule has 0 fully saturated rings. The van der Waals surface area contributed by atoms with Crippen molar-refractivity contribution in [2.75, 3.05) is 0 Å². The van der Waals surface area contributed by atoms with E-state index in [0.717, 1.165) is 44.0 Å². The second kappa shape index (κ2) is 12.6. The zero-order valence-electron chi connectivity index (χ0n) is 39.5. The molecule has 0 spiro atoms. The van der Waals surface area contributed by atoms with Gasteiger partial charge in [-0.1, -0.05) is 127 Å². The molecule has 13 rings (SSSR count). The highest BCUT2D eigenvalue weighted by Gasteiger charge is 2.24. The maximum atomic E-state index is 9.35. The van der Waals surface area contributed by atoms with Crippen molar-refractivity contribution in [3.8, 4) is 62.1 Å². The molecule has 0 N–H and O–H groups in total. The molecule has 0 bridgehead atoms. The number of rotatable bonds is 4. The number of ether oxygens (including phenoxy) is 1. The van der Waals surface area contributed by atoms with Gasteiger partial charge in [0.15, 0.2) is 5.58 Å². The van der Waals surface area contributed by atoms with Crippen LogP contribution in [-0.2, 0) is 0 Å². The minimum atomic E-state index is -0.512. The number of pyridine rings is 1. The third-order valence-corrected chi connectivity index (χ3v) is 11.4. The quantitative estimate of drug-likeness (QED) is 0.132. The predicted octanol–water partition coefficient (Wildman–Crippen LogP) is 13.2. The Hall–Kier alpha value is -8.22. The van der Waals surface area contributed by atoms with Crippen LogP contribution in [0.2, 0.25) is 0 Å². The normalized spacial score (nSPS) is 13.9. The highest BCUT2D eigenvalue weighted by molar-refractivity contribution is 6.10. The summed E-state index contributed by atoms with van der Waals surface area (Å²) in [5, 5.41) is 4.08. The third kappa shape index (κ3) is 4.82. The van der Waals surface area contributed by atoms with Gasteiger partial charge in [-0.15, -0.1) is 0 Å². The number of fused-ring (bicyclic) bond motifs is 13. The molecule has 6 heteroatoms. The molecule has 12 aromatic rings. The lowest BCUT2D eigenvalue weighted by molar-refractivity contribution is -0.571. The summed E-state index contributed by atoms with van der Waals surface area (Å²) in [7, 11) is 0. The lowest BCUT2D eigenvalue weighted by atomic mass is 9.89. The third-order valence-electron chi connectivity index (χ3n) is 11.4. The summed E-state index contributed by atoms with van der Waals surface area (Å²) >= 11 is 0. The van der Waals surface area contributed by atoms with Crippen molar-refractivity contribution in [2.24, 2.45) is 0 Å². The van der Waals surface area contributed by atoms with Gasteiger partial charge >= 0.3 is 0 Å². The number of hydrogen-bond acceptors (Lipinski definition) is 3. The van der Waals surface area contributed by atoms with E-state index >= 15 is 0 Å². The first-order chi connectivity index (χ1) is 33.1. The van der Waals surface area contributed by atoms with Gasteiger partial charge in [0.1, 0.15) is 22.9 Å². The lowest BCUT2D eigenvalue weighted by Gasteiger charge is -2.15. The molecule has 1 aliphatic rings. The fourth-order valence-electron chi connectivity index (χ4n) is 8.83. The molecule has 280 valence electrons. The van der Waals surface area contributed by atoms with E-state index in [2.05, 4.69) is 35.2 Å². The topological polar surface area (TPSA) is 49.0 Å². The minimum Gasteiger partial charge on any atom is -0.458 e. The Kier molecular flexibility index (Phi) is 5.46. The highest BCUT2D eigenvalue weighted by atomic mass is 16.5. The summed E-state index contributed by atoms with van der Waals surface area (Å²) in [6.07, 6.45) is 5.31. The summed E-state index contributed by atoms with van der Waals surface area (Å²) in [5.41, 5.74) is 6.87. The standard InChI is InChI=1S/C54H32N4O2/c1-3-17-39-37(15-1)38-16-2-4-18-40(38)45-22-12-25-49-54(45)57(47-23-8-5-19-41(39)47)33-56(49)34-13-11-14-35(29-34)59-36-27-28-43-42-20-6-9-24-48(42)58(50(43)30-36)53-31-46-44-21-7-10-26-51(44)60-52(46)32-55-53/h1-32H/i1D,2D,3D,4D,15D,16D,17D,18D. The van der Waals surface area contributed by atoms with Gasteiger partial charge in [-0.25, -0.2) is 4.98 Å². The maximum Gasteiger partial charge on any atom is 0.269 e. The first-order valence-electron chi connectivity index (χ1n) is 23.5. The number of imidazole rings is 1. The summed E-state index contributed by atoms with van der Waals surface area (Å²) in [6.45, 7) is 0. The largest absolute Gasteiger partial charge is 0.458 e. The van der Waals surface area contributed by atoms with Gasteiger partial charge in [-0.05, 0) is 88.0 Å². The van der Waals surface area contributed by atoms with Gasteiger partial charge in [0, 0.05) is 27.6 Å². The average Bonchev–Trinajstić information content (AvgIpc) is 4.05. The number of nitrogens with zero attached hydrogens (tertiary/aromatic N) is 4. The van der Waals surface area contributed by atoms with Crippen LogP contribution in [0.1, 0.15) is 11.0 Å². The Morgan fingerprint density at radius 2 is 1.20 bits per heavy atom. The molecule has 0 saturated heterocycles. The van der Waals surface area contributed by atoms with E-state index in [1.165, 1.54) is 0 Å². The predicted molar refractivity (Wildman–Crippen MR) is 239 cm³/mol. The Bertz CT molecular complexity index is 4190. The van der Waals surface area contributed by atoms with E-state index in [1.54, 1.807) is 35.0 Å². The molecule has 0 amide bonds. The Labute approximate surface area is 355 Å². The van der Waals surface area contributed by atoms with Crippen LogP contribution in [0.15, 0.2) is 198 Å². The SMILES string of the molecule is [2H]c1c([2H])c([2H])c2c(c1[2H])-c1ccccc1-[n+]1[c-]n(-c3cccc(Oc4ccc5c6ccccc6n(-c6cc7c(cn6)oc6ccccc67)c5c4)c3)c3cccc(c31)-c1c([2H])c([2H])c([2H])c([2H])c1-2. The number of para-hydroxylation sites is 4. The van der Waals surface area contributed by atoms with Gasteiger partial charge in [-0.2, -0.15) is 0 Å². The van der Waals surface area contributed by atoms with E-state index in [-0.39, 0.29) is 34.3 Å². The molecule has 60 heavy (non-hydrogen) atoms. The van der Waals surface area contributed by atoms with E-state index in [0.29, 0.717) is 50.6 Å². The fourth-order valence-corrected chi connectivity index (χ4v) is 8.83. The van der Waals surface area contributed by atoms with E-state index in [1.807, 2.05) is 95.6 Å². The minimum absolute atomic E-state index is 0.00611. The van der Waals surface area contributed by atoms with Gasteiger partial charge in [0.2, 0.25) is 0 Å². The Morgan fingerprint density at radius 1 is 0.533 bits per heavy atom. The van der Waals surface area contributed by atoms with Crippen molar-refractivity contribution in [1.29, 1.82) is 0 Å². The molecule has 4 aromatic heterocycles. The molecule has 1 aliphatic heterocycles. The van der Waals surface area contributed by atoms with E-state index in [4.69, 9.17) is 19.6 Å². The molecule has 8 aromatic carbocycles. The van der Waals surface area contributed by atoms with Crippen molar-refractivity contribution < 1.29 is 24.7 Å². The number of hydrogen-bond donors (Lipinski definition) is 0. The summed E-state index contributed by atoms with van der Waals surface area (Å²) in [5.74, 6) is 1.87. The molecule has 0 unspecified atom stereocenters. The number of benzene rings is 8. The van der Waals surface area contributed by atoms with Crippen LogP contribution in [0.5, 0.6) is 11.5 Å². The molecule has 0 radical (unpaired) electrons. The van der Waals surface area contributed by atoms with Crippen molar-refractivity contribution in [1.82, 2.24) is 14.1 Å². The molecule has 6 nitrogen and oxygen atoms in total. The van der Waals surface area contributed by atoms with Gasteiger partial charge in [0.25, 0.3) is 6.33 Å². The van der Waals surface area contributed by atoms with E-state index < -0.39 is 36.3 Å². The summed E-state index contributed by atoms with van der Waals surface area (Å²) in [4.78, 5) is 4.88. The van der Waals surface area contributed by atoms with E-state index in [9.17, 15) is 5.48 Å². The monoisotopic (exact) mass is 776 g/mol. The first-order valence-corrected chi connectivity index (χ1v) is 19.5. The lowest BCUT2D eigenvalue weighted by Crippen LogP contribution is -2.30. The van der Waals surface area contributed by atoms with Crippen LogP contribution < -0.4 is 9.30 Å². The smallest absolute Gasteiger partial charge is 0.269 e. The molecule has 0 atom stereocenters. The summed E-state index contributed by atoms with van der Waals surface area (Å²) in [6, 6.07) is 41.1.